The van der Waals surface area contributed by atoms with Gasteiger partial charge in [0.25, 0.3) is 0 Å². The molecule has 0 amide bonds. The number of guanidine groups is 1. The zero-order valence-electron chi connectivity index (χ0n) is 18.2. The number of rotatable bonds is 11. The first-order valence-corrected chi connectivity index (χ1v) is 10.7. The van der Waals surface area contributed by atoms with Crippen LogP contribution in [0.3, 0.4) is 0 Å². The van der Waals surface area contributed by atoms with E-state index in [0.29, 0.717) is 13.1 Å². The highest BCUT2D eigenvalue weighted by Crippen LogP contribution is 2.13. The molecule has 29 heavy (non-hydrogen) atoms. The molecule has 0 spiro atoms. The molecule has 1 heterocycles. The number of hydrogen-bond donors (Lipinski definition) is 3. The van der Waals surface area contributed by atoms with Crippen molar-refractivity contribution in [3.63, 3.8) is 0 Å². The molecule has 0 radical (unpaired) electrons. The molecule has 1 aliphatic rings. The van der Waals surface area contributed by atoms with Crippen LogP contribution in [-0.4, -0.2) is 81.2 Å². The Morgan fingerprint density at radius 3 is 2.59 bits per heavy atom. The third-order valence-corrected chi connectivity index (χ3v) is 4.93. The van der Waals surface area contributed by atoms with Crippen molar-refractivity contribution < 1.29 is 14.6 Å². The summed E-state index contributed by atoms with van der Waals surface area (Å²) in [4.78, 5) is 6.83. The summed E-state index contributed by atoms with van der Waals surface area (Å²) >= 11 is 0. The van der Waals surface area contributed by atoms with Crippen LogP contribution in [0, 0.1) is 0 Å². The van der Waals surface area contributed by atoms with Crippen LogP contribution >= 0.6 is 0 Å². The highest BCUT2D eigenvalue weighted by molar-refractivity contribution is 5.79. The Labute approximate surface area is 175 Å². The molecule has 164 valence electrons. The van der Waals surface area contributed by atoms with E-state index in [0.717, 1.165) is 70.4 Å². The maximum absolute atomic E-state index is 10.7. The summed E-state index contributed by atoms with van der Waals surface area (Å²) in [5, 5.41) is 17.3. The van der Waals surface area contributed by atoms with Crippen LogP contribution in [-0.2, 0) is 11.2 Å². The van der Waals surface area contributed by atoms with Crippen molar-refractivity contribution >= 4 is 5.96 Å². The lowest BCUT2D eigenvalue weighted by molar-refractivity contribution is -0.0179. The Hall–Kier alpha value is -1.83. The minimum Gasteiger partial charge on any atom is -0.497 e. The molecule has 7 nitrogen and oxygen atoms in total. The van der Waals surface area contributed by atoms with Gasteiger partial charge in [-0.05, 0) is 50.8 Å². The molecule has 1 aliphatic heterocycles. The zero-order valence-corrected chi connectivity index (χ0v) is 18.2. The monoisotopic (exact) mass is 406 g/mol. The first-order chi connectivity index (χ1) is 14.0. The van der Waals surface area contributed by atoms with Gasteiger partial charge in [0.1, 0.15) is 5.75 Å². The van der Waals surface area contributed by atoms with Crippen molar-refractivity contribution in [1.82, 2.24) is 15.5 Å². The summed E-state index contributed by atoms with van der Waals surface area (Å²) in [7, 11) is 1.69. The van der Waals surface area contributed by atoms with Gasteiger partial charge >= 0.3 is 0 Å². The summed E-state index contributed by atoms with van der Waals surface area (Å²) in [6.45, 7) is 9.74. The fourth-order valence-corrected chi connectivity index (χ4v) is 3.34. The maximum Gasteiger partial charge on any atom is 0.191 e. The Kier molecular flexibility index (Phi) is 10.2. The van der Waals surface area contributed by atoms with Crippen LogP contribution in [0.2, 0.25) is 0 Å². The van der Waals surface area contributed by atoms with Crippen molar-refractivity contribution in [2.45, 2.75) is 38.7 Å². The van der Waals surface area contributed by atoms with Gasteiger partial charge in [-0.25, -0.2) is 0 Å². The lowest BCUT2D eigenvalue weighted by Crippen LogP contribution is -2.48. The Balaban J connectivity index is 1.70. The summed E-state index contributed by atoms with van der Waals surface area (Å²) in [5.74, 6) is 1.66. The Bertz CT molecular complexity index is 599. The van der Waals surface area contributed by atoms with Crippen LogP contribution < -0.4 is 15.4 Å². The number of benzene rings is 1. The average Bonchev–Trinajstić information content (AvgIpc) is 2.72. The number of hydrogen-bond acceptors (Lipinski definition) is 5. The van der Waals surface area contributed by atoms with Gasteiger partial charge in [0.15, 0.2) is 5.96 Å². The van der Waals surface area contributed by atoms with E-state index in [4.69, 9.17) is 9.47 Å². The number of methoxy groups -OCH3 is 1. The first kappa shape index (κ1) is 23.4. The maximum atomic E-state index is 10.7. The summed E-state index contributed by atoms with van der Waals surface area (Å²) in [6, 6.07) is 8.25. The zero-order chi connectivity index (χ0) is 21.0. The summed E-state index contributed by atoms with van der Waals surface area (Å²) < 4.78 is 10.6. The number of β-amino-alcohol motifs (C(OH)–C–C–N with tert-alkyl or cyclic N) is 1. The van der Waals surface area contributed by atoms with Gasteiger partial charge in [-0.2, -0.15) is 0 Å². The smallest absolute Gasteiger partial charge is 0.191 e. The Morgan fingerprint density at radius 2 is 1.93 bits per heavy atom. The quantitative estimate of drug-likeness (QED) is 0.295. The normalized spacial score (nSPS) is 17.6. The second kappa shape index (κ2) is 12.7. The third-order valence-electron chi connectivity index (χ3n) is 4.93. The molecule has 1 unspecified atom stereocenters. The lowest BCUT2D eigenvalue weighted by Gasteiger charge is -2.33. The number of unbranched alkanes of at least 4 members (excludes halogenated alkanes) is 1. The largest absolute Gasteiger partial charge is 0.497 e. The van der Waals surface area contributed by atoms with Crippen LogP contribution in [0.15, 0.2) is 29.3 Å². The molecule has 3 N–H and O–H groups in total. The van der Waals surface area contributed by atoms with E-state index < -0.39 is 5.60 Å². The molecule has 0 bridgehead atoms. The van der Waals surface area contributed by atoms with Gasteiger partial charge in [-0.1, -0.05) is 12.1 Å². The van der Waals surface area contributed by atoms with Gasteiger partial charge in [0.05, 0.1) is 32.5 Å². The lowest BCUT2D eigenvalue weighted by atomic mass is 10.1. The number of aliphatic imine (C=N–C) groups is 1. The van der Waals surface area contributed by atoms with Crippen LogP contribution in [0.5, 0.6) is 5.75 Å². The van der Waals surface area contributed by atoms with Gasteiger partial charge in [-0.3, -0.25) is 9.89 Å². The predicted molar refractivity (Wildman–Crippen MR) is 118 cm³/mol. The number of morpholine rings is 1. The van der Waals surface area contributed by atoms with Crippen LogP contribution in [0.25, 0.3) is 0 Å². The third kappa shape index (κ3) is 9.47. The molecule has 1 saturated heterocycles. The molecule has 0 saturated carbocycles. The molecule has 1 fully saturated rings. The molecule has 0 aliphatic carbocycles. The standard InChI is InChI=1S/C22H38N4O3/c1-4-23-21(25-17-22(2,27)18-26-13-15-29-16-14-26)24-12-6-5-7-19-8-10-20(28-3)11-9-19/h8-11,27H,4-7,12-18H2,1-3H3,(H2,23,24,25). The highest BCUT2D eigenvalue weighted by atomic mass is 16.5. The molecule has 1 aromatic carbocycles. The van der Waals surface area contributed by atoms with Gasteiger partial charge in [-0.15, -0.1) is 0 Å². The average molecular weight is 407 g/mol. The topological polar surface area (TPSA) is 78.4 Å². The second-order valence-electron chi connectivity index (χ2n) is 7.81. The van der Waals surface area contributed by atoms with Crippen LogP contribution in [0.1, 0.15) is 32.3 Å². The van der Waals surface area contributed by atoms with Crippen molar-refractivity contribution in [3.8, 4) is 5.75 Å². The van der Waals surface area contributed by atoms with Gasteiger partial charge < -0.3 is 25.2 Å². The van der Waals surface area contributed by atoms with E-state index in [9.17, 15) is 5.11 Å². The van der Waals surface area contributed by atoms with Crippen molar-refractivity contribution in [2.24, 2.45) is 4.99 Å². The number of aryl methyl sites for hydroxylation is 1. The first-order valence-electron chi connectivity index (χ1n) is 10.7. The SMILES string of the molecule is CCNC(=NCC(C)(O)CN1CCOCC1)NCCCCc1ccc(OC)cc1. The summed E-state index contributed by atoms with van der Waals surface area (Å²) in [6.07, 6.45) is 3.21. The highest BCUT2D eigenvalue weighted by Gasteiger charge is 2.25. The summed E-state index contributed by atoms with van der Waals surface area (Å²) in [5.41, 5.74) is 0.471. The van der Waals surface area contributed by atoms with Crippen molar-refractivity contribution in [2.75, 3.05) is 59.6 Å². The molecule has 7 heteroatoms. The molecule has 1 atom stereocenters. The predicted octanol–water partition coefficient (Wildman–Crippen LogP) is 1.66. The number of nitrogens with one attached hydrogen (secondary N) is 2. The van der Waals surface area contributed by atoms with Crippen molar-refractivity contribution in [3.05, 3.63) is 29.8 Å². The number of ether oxygens (including phenoxy) is 2. The molecular formula is C22H38N4O3. The molecular weight excluding hydrogens is 368 g/mol. The second-order valence-corrected chi connectivity index (χ2v) is 7.81. The van der Waals surface area contributed by atoms with Crippen LogP contribution in [0.4, 0.5) is 0 Å². The van der Waals surface area contributed by atoms with E-state index in [1.807, 2.05) is 26.0 Å². The van der Waals surface area contributed by atoms with E-state index in [1.165, 1.54) is 5.56 Å². The minimum atomic E-state index is -0.853. The fourth-order valence-electron chi connectivity index (χ4n) is 3.34. The number of aliphatic hydroxyl groups is 1. The number of nitrogens with zero attached hydrogens (tertiary/aromatic N) is 2. The van der Waals surface area contributed by atoms with E-state index in [1.54, 1.807) is 7.11 Å². The van der Waals surface area contributed by atoms with E-state index >= 15 is 0 Å². The molecule has 2 rings (SSSR count). The molecule has 0 aromatic heterocycles. The minimum absolute atomic E-state index is 0.367. The fraction of sp³-hybridized carbons (Fsp3) is 0.682. The van der Waals surface area contributed by atoms with Crippen molar-refractivity contribution in [1.29, 1.82) is 0 Å². The van der Waals surface area contributed by atoms with E-state index in [-0.39, 0.29) is 0 Å². The Morgan fingerprint density at radius 1 is 1.21 bits per heavy atom. The molecule has 1 aromatic rings. The van der Waals surface area contributed by atoms with E-state index in [2.05, 4.69) is 32.7 Å². The van der Waals surface area contributed by atoms with Gasteiger partial charge in [0, 0.05) is 32.7 Å². The van der Waals surface area contributed by atoms with Gasteiger partial charge in [0.2, 0.25) is 0 Å².